The van der Waals surface area contributed by atoms with Crippen molar-refractivity contribution in [2.24, 2.45) is 5.92 Å². The molecule has 0 saturated heterocycles. The van der Waals surface area contributed by atoms with E-state index in [0.29, 0.717) is 0 Å². The predicted molar refractivity (Wildman–Crippen MR) is 62.4 cm³/mol. The fourth-order valence-corrected chi connectivity index (χ4v) is 4.37. The number of halogens is 1. The molecule has 2 unspecified atom stereocenters. The average molecular weight is 284 g/mol. The summed E-state index contributed by atoms with van der Waals surface area (Å²) < 4.78 is 3.00. The summed E-state index contributed by atoms with van der Waals surface area (Å²) in [4.78, 5) is 5.76. The largest absolute Gasteiger partial charge is 0.222 e. The van der Waals surface area contributed by atoms with Crippen LogP contribution in [0.2, 0.25) is 0 Å². The number of hydrogen-bond acceptors (Lipinski definition) is 3. The Labute approximate surface area is 99.6 Å². The van der Waals surface area contributed by atoms with E-state index in [0.717, 1.165) is 20.7 Å². The number of rotatable bonds is 0. The van der Waals surface area contributed by atoms with E-state index in [4.69, 9.17) is 4.98 Å². The molecule has 0 radical (unpaired) electrons. The molecule has 5 heteroatoms. The topological polar surface area (TPSA) is 30.2 Å². The normalized spacial score (nSPS) is 28.6. The lowest BCUT2D eigenvalue weighted by Crippen LogP contribution is -2.11. The number of imidazole rings is 1. The molecule has 2 heterocycles. The van der Waals surface area contributed by atoms with Crippen LogP contribution in [0.3, 0.4) is 0 Å². The van der Waals surface area contributed by atoms with Crippen molar-refractivity contribution in [3.05, 3.63) is 15.3 Å². The Morgan fingerprint density at radius 2 is 2.33 bits per heavy atom. The Morgan fingerprint density at radius 3 is 3.27 bits per heavy atom. The van der Waals surface area contributed by atoms with Gasteiger partial charge in [-0.15, -0.1) is 5.10 Å². The minimum absolute atomic E-state index is 0.725. The molecule has 78 valence electrons. The van der Waals surface area contributed by atoms with Gasteiger partial charge in [-0.05, 0) is 47.5 Å². The van der Waals surface area contributed by atoms with Gasteiger partial charge < -0.3 is 0 Å². The number of nitrogens with zero attached hydrogens (tertiary/aromatic N) is 3. The minimum Gasteiger partial charge on any atom is -0.222 e. The number of aromatic nitrogens is 3. The summed E-state index contributed by atoms with van der Waals surface area (Å²) in [5.41, 5.74) is 2.72. The zero-order valence-electron chi connectivity index (χ0n) is 8.11. The van der Waals surface area contributed by atoms with Gasteiger partial charge in [-0.3, -0.25) is 0 Å². The summed E-state index contributed by atoms with van der Waals surface area (Å²) in [5, 5.41) is 4.49. The van der Waals surface area contributed by atoms with Crippen molar-refractivity contribution in [2.45, 2.75) is 31.6 Å². The van der Waals surface area contributed by atoms with Crippen LogP contribution in [0.4, 0.5) is 0 Å². The van der Waals surface area contributed by atoms with E-state index in [2.05, 4.69) is 25.5 Å². The van der Waals surface area contributed by atoms with Gasteiger partial charge in [0, 0.05) is 5.92 Å². The first-order valence-electron chi connectivity index (χ1n) is 5.35. The molecule has 2 aliphatic carbocycles. The summed E-state index contributed by atoms with van der Waals surface area (Å²) in [6, 6.07) is 0. The van der Waals surface area contributed by atoms with E-state index in [1.807, 2.05) is 0 Å². The lowest BCUT2D eigenvalue weighted by molar-refractivity contribution is 0.495. The Bertz CT molecular complexity index is 544. The van der Waals surface area contributed by atoms with Crippen LogP contribution >= 0.6 is 27.3 Å². The van der Waals surface area contributed by atoms with Crippen LogP contribution in [0, 0.1) is 5.92 Å². The van der Waals surface area contributed by atoms with Crippen molar-refractivity contribution < 1.29 is 0 Å². The second-order valence-electron chi connectivity index (χ2n) is 4.57. The van der Waals surface area contributed by atoms with Crippen LogP contribution < -0.4 is 0 Å². The van der Waals surface area contributed by atoms with Gasteiger partial charge in [-0.25, -0.2) is 9.50 Å². The standard InChI is InChI=1S/C10H10BrN3S/c11-9-13-14-8-6-2-1-5(3-6)4-7(8)12-10(14)15-9/h5-6H,1-4H2. The van der Waals surface area contributed by atoms with E-state index in [-0.39, 0.29) is 0 Å². The van der Waals surface area contributed by atoms with Gasteiger partial charge in [-0.2, -0.15) is 0 Å². The first kappa shape index (κ1) is 8.70. The Kier molecular flexibility index (Phi) is 1.64. The van der Waals surface area contributed by atoms with E-state index in [1.54, 1.807) is 11.3 Å². The van der Waals surface area contributed by atoms with Crippen molar-refractivity contribution in [1.29, 1.82) is 0 Å². The highest BCUT2D eigenvalue weighted by Gasteiger charge is 2.36. The molecule has 0 N–H and O–H groups in total. The van der Waals surface area contributed by atoms with Crippen LogP contribution in [0.25, 0.3) is 4.96 Å². The molecular formula is C10H10BrN3S. The first-order valence-corrected chi connectivity index (χ1v) is 6.96. The smallest absolute Gasteiger partial charge is 0.213 e. The molecule has 2 aliphatic rings. The van der Waals surface area contributed by atoms with Crippen molar-refractivity contribution in [1.82, 2.24) is 14.6 Å². The molecule has 1 saturated carbocycles. The van der Waals surface area contributed by atoms with Crippen molar-refractivity contribution in [2.75, 3.05) is 0 Å². The maximum Gasteiger partial charge on any atom is 0.213 e. The molecule has 0 amide bonds. The fourth-order valence-electron chi connectivity index (χ4n) is 3.12. The summed E-state index contributed by atoms with van der Waals surface area (Å²) >= 11 is 5.06. The highest BCUT2D eigenvalue weighted by molar-refractivity contribution is 9.11. The Balaban J connectivity index is 2.02. The summed E-state index contributed by atoms with van der Waals surface area (Å²) in [6.45, 7) is 0. The van der Waals surface area contributed by atoms with Gasteiger partial charge in [0.25, 0.3) is 0 Å². The second-order valence-corrected chi connectivity index (χ2v) is 6.81. The second kappa shape index (κ2) is 2.83. The summed E-state index contributed by atoms with van der Waals surface area (Å²) in [7, 11) is 0. The van der Waals surface area contributed by atoms with Crippen LogP contribution in [0.5, 0.6) is 0 Å². The van der Waals surface area contributed by atoms with Crippen molar-refractivity contribution in [3.63, 3.8) is 0 Å². The van der Waals surface area contributed by atoms with Gasteiger partial charge >= 0.3 is 0 Å². The van der Waals surface area contributed by atoms with Gasteiger partial charge in [0.15, 0.2) is 3.92 Å². The van der Waals surface area contributed by atoms with Crippen LogP contribution in [0.15, 0.2) is 3.92 Å². The molecule has 0 spiro atoms. The quantitative estimate of drug-likeness (QED) is 0.744. The predicted octanol–water partition coefficient (Wildman–Crippen LogP) is 2.99. The van der Waals surface area contributed by atoms with Gasteiger partial charge in [0.2, 0.25) is 4.96 Å². The van der Waals surface area contributed by atoms with Gasteiger partial charge in [0.1, 0.15) is 0 Å². The molecular weight excluding hydrogens is 274 g/mol. The van der Waals surface area contributed by atoms with Gasteiger partial charge in [0.05, 0.1) is 11.4 Å². The van der Waals surface area contributed by atoms with E-state index >= 15 is 0 Å². The molecule has 0 aliphatic heterocycles. The SMILES string of the molecule is Brc1nn2c3c(nc2s1)CC1CCC3C1. The molecule has 2 bridgehead atoms. The minimum atomic E-state index is 0.725. The van der Waals surface area contributed by atoms with E-state index < -0.39 is 0 Å². The van der Waals surface area contributed by atoms with Crippen LogP contribution in [-0.4, -0.2) is 14.6 Å². The molecule has 2 aromatic heterocycles. The molecule has 2 aromatic rings. The maximum atomic E-state index is 4.70. The van der Waals surface area contributed by atoms with Crippen LogP contribution in [0.1, 0.15) is 36.6 Å². The molecule has 2 atom stereocenters. The summed E-state index contributed by atoms with van der Waals surface area (Å²) in [5.74, 6) is 1.62. The lowest BCUT2D eigenvalue weighted by Gasteiger charge is -2.17. The van der Waals surface area contributed by atoms with Gasteiger partial charge in [-0.1, -0.05) is 11.3 Å². The monoisotopic (exact) mass is 283 g/mol. The Morgan fingerprint density at radius 1 is 1.40 bits per heavy atom. The first-order chi connectivity index (χ1) is 7.31. The molecule has 3 nitrogen and oxygen atoms in total. The molecule has 0 aromatic carbocycles. The highest BCUT2D eigenvalue weighted by Crippen LogP contribution is 2.46. The third kappa shape index (κ3) is 1.11. The lowest BCUT2D eigenvalue weighted by atomic mass is 9.90. The zero-order valence-corrected chi connectivity index (χ0v) is 10.5. The maximum absolute atomic E-state index is 4.70. The number of hydrogen-bond donors (Lipinski definition) is 0. The van der Waals surface area contributed by atoms with Crippen molar-refractivity contribution >= 4 is 32.2 Å². The van der Waals surface area contributed by atoms with Crippen LogP contribution in [-0.2, 0) is 6.42 Å². The molecule has 15 heavy (non-hydrogen) atoms. The Hall–Kier alpha value is -0.420. The van der Waals surface area contributed by atoms with E-state index in [9.17, 15) is 0 Å². The van der Waals surface area contributed by atoms with E-state index in [1.165, 1.54) is 37.1 Å². The molecule has 1 fully saturated rings. The summed E-state index contributed by atoms with van der Waals surface area (Å²) in [6.07, 6.45) is 5.25. The third-order valence-electron chi connectivity index (χ3n) is 3.70. The molecule has 4 rings (SSSR count). The fraction of sp³-hybridized carbons (Fsp3) is 0.600. The number of fused-ring (bicyclic) bond motifs is 6. The van der Waals surface area contributed by atoms with Crippen molar-refractivity contribution in [3.8, 4) is 0 Å². The highest BCUT2D eigenvalue weighted by atomic mass is 79.9. The third-order valence-corrected chi connectivity index (χ3v) is 5.04. The average Bonchev–Trinajstić information content (AvgIpc) is 2.80. The zero-order chi connectivity index (χ0) is 9.99.